The van der Waals surface area contributed by atoms with E-state index in [1.54, 1.807) is 45.2 Å². The highest BCUT2D eigenvalue weighted by atomic mass is 32.2. The Morgan fingerprint density at radius 2 is 1.88 bits per heavy atom. The second kappa shape index (κ2) is 5.27. The molecule has 0 unspecified atom stereocenters. The van der Waals surface area contributed by atoms with Crippen molar-refractivity contribution >= 4 is 32.4 Å². The van der Waals surface area contributed by atoms with E-state index in [4.69, 9.17) is 0 Å². The van der Waals surface area contributed by atoms with Crippen molar-refractivity contribution in [3.63, 3.8) is 0 Å². The molecule has 1 amide bonds. The summed E-state index contributed by atoms with van der Waals surface area (Å²) >= 11 is 0. The normalized spacial score (nSPS) is 14.9. The molecule has 2 aromatic rings. The molecule has 0 saturated heterocycles. The van der Waals surface area contributed by atoms with E-state index in [1.807, 2.05) is 0 Å². The molecule has 0 radical (unpaired) electrons. The lowest BCUT2D eigenvalue weighted by Crippen LogP contribution is -2.39. The number of carbonyl (C=O) groups is 1. The highest BCUT2D eigenvalue weighted by molar-refractivity contribution is 7.89. The maximum absolute atomic E-state index is 12.9. The van der Waals surface area contributed by atoms with E-state index in [1.165, 1.54) is 18.0 Å². The molecule has 1 N–H and O–H groups in total. The lowest BCUT2D eigenvalue weighted by atomic mass is 10.1. The minimum Gasteiger partial charge on any atom is -0.389 e. The molecule has 0 atom stereocenters. The maximum atomic E-state index is 12.9. The summed E-state index contributed by atoms with van der Waals surface area (Å²) in [5.41, 5.74) is 0.0641. The Morgan fingerprint density at radius 1 is 1.21 bits per heavy atom. The van der Waals surface area contributed by atoms with Gasteiger partial charge in [0, 0.05) is 37.0 Å². The number of nitrogens with zero attached hydrogens (tertiary/aromatic N) is 2. The molecule has 0 saturated carbocycles. The Kier molecular flexibility index (Phi) is 3.71. The van der Waals surface area contributed by atoms with Gasteiger partial charge < -0.3 is 10.0 Å². The number of hydrogen-bond acceptors (Lipinski definition) is 4. The maximum Gasteiger partial charge on any atom is 0.258 e. The van der Waals surface area contributed by atoms with Gasteiger partial charge in [0.05, 0.1) is 16.2 Å². The lowest BCUT2D eigenvalue weighted by Gasteiger charge is -2.25. The third-order valence-corrected chi connectivity index (χ3v) is 6.03. The third kappa shape index (κ3) is 2.49. The minimum absolute atomic E-state index is 0.0307. The van der Waals surface area contributed by atoms with Crippen molar-refractivity contribution in [2.75, 3.05) is 25.5 Å². The zero-order chi connectivity index (χ0) is 17.9. The Morgan fingerprint density at radius 3 is 2.50 bits per heavy atom. The number of benzene rings is 2. The van der Waals surface area contributed by atoms with Gasteiger partial charge in [0.2, 0.25) is 10.0 Å². The third-order valence-electron chi connectivity index (χ3n) is 4.17. The first kappa shape index (κ1) is 16.9. The van der Waals surface area contributed by atoms with Crippen LogP contribution in [0, 0.1) is 0 Å². The van der Waals surface area contributed by atoms with Gasteiger partial charge in [-0.1, -0.05) is 12.1 Å². The van der Waals surface area contributed by atoms with E-state index in [9.17, 15) is 18.3 Å². The quantitative estimate of drug-likeness (QED) is 0.914. The summed E-state index contributed by atoms with van der Waals surface area (Å²) < 4.78 is 27.0. The summed E-state index contributed by atoms with van der Waals surface area (Å²) in [5.74, 6) is -0.144. The molecule has 24 heavy (non-hydrogen) atoms. The van der Waals surface area contributed by atoms with Crippen LogP contribution in [0.15, 0.2) is 35.2 Å². The Hall–Kier alpha value is -1.96. The SMILES string of the molecule is CN1C(=O)c2cccc3c(S(=O)(=O)N(C)CC(C)(C)O)ccc1c23. The van der Waals surface area contributed by atoms with E-state index in [2.05, 4.69) is 0 Å². The average molecular weight is 348 g/mol. The van der Waals surface area contributed by atoms with Gasteiger partial charge in [-0.3, -0.25) is 4.79 Å². The molecule has 0 aliphatic carbocycles. The fourth-order valence-electron chi connectivity index (χ4n) is 3.13. The molecule has 0 aromatic heterocycles. The number of sulfonamides is 1. The van der Waals surface area contributed by atoms with Crippen LogP contribution in [0.2, 0.25) is 0 Å². The van der Waals surface area contributed by atoms with Crippen LogP contribution in [-0.2, 0) is 10.0 Å². The highest BCUT2D eigenvalue weighted by Gasteiger charge is 2.32. The molecule has 0 spiro atoms. The van der Waals surface area contributed by atoms with E-state index in [0.717, 1.165) is 4.31 Å². The molecule has 1 heterocycles. The summed E-state index contributed by atoms with van der Waals surface area (Å²) in [5, 5.41) is 11.1. The van der Waals surface area contributed by atoms with Gasteiger partial charge in [-0.15, -0.1) is 0 Å². The van der Waals surface area contributed by atoms with Crippen molar-refractivity contribution < 1.29 is 18.3 Å². The van der Waals surface area contributed by atoms with Gasteiger partial charge in [-0.05, 0) is 32.0 Å². The zero-order valence-electron chi connectivity index (χ0n) is 14.1. The predicted molar refractivity (Wildman–Crippen MR) is 92.8 cm³/mol. The number of aliphatic hydroxyl groups is 1. The first-order valence-corrected chi connectivity index (χ1v) is 9.00. The van der Waals surface area contributed by atoms with Crippen LogP contribution in [0.1, 0.15) is 24.2 Å². The molecule has 6 nitrogen and oxygen atoms in total. The van der Waals surface area contributed by atoms with Crippen LogP contribution in [0.4, 0.5) is 5.69 Å². The van der Waals surface area contributed by atoms with Gasteiger partial charge in [0.25, 0.3) is 5.91 Å². The molecular weight excluding hydrogens is 328 g/mol. The molecule has 128 valence electrons. The van der Waals surface area contributed by atoms with Crippen molar-refractivity contribution in [1.82, 2.24) is 4.31 Å². The van der Waals surface area contributed by atoms with Crippen LogP contribution >= 0.6 is 0 Å². The van der Waals surface area contributed by atoms with E-state index in [0.29, 0.717) is 22.0 Å². The largest absolute Gasteiger partial charge is 0.389 e. The Balaban J connectivity index is 2.21. The van der Waals surface area contributed by atoms with Crippen molar-refractivity contribution in [3.05, 3.63) is 35.9 Å². The van der Waals surface area contributed by atoms with Crippen LogP contribution < -0.4 is 4.90 Å². The van der Waals surface area contributed by atoms with Gasteiger partial charge in [0.15, 0.2) is 0 Å². The number of anilines is 1. The average Bonchev–Trinajstić information content (AvgIpc) is 2.73. The van der Waals surface area contributed by atoms with Crippen LogP contribution in [0.25, 0.3) is 10.8 Å². The van der Waals surface area contributed by atoms with Gasteiger partial charge in [-0.25, -0.2) is 8.42 Å². The molecular formula is C17H20N2O4S. The Labute approximate surface area is 141 Å². The molecule has 1 aliphatic heterocycles. The smallest absolute Gasteiger partial charge is 0.258 e. The monoisotopic (exact) mass is 348 g/mol. The van der Waals surface area contributed by atoms with Crippen molar-refractivity contribution in [1.29, 1.82) is 0 Å². The number of amides is 1. The zero-order valence-corrected chi connectivity index (χ0v) is 14.9. The predicted octanol–water partition coefficient (Wildman–Crippen LogP) is 1.82. The molecule has 0 bridgehead atoms. The summed E-state index contributed by atoms with van der Waals surface area (Å²) in [6.07, 6.45) is 0. The van der Waals surface area contributed by atoms with Crippen LogP contribution in [0.5, 0.6) is 0 Å². The van der Waals surface area contributed by atoms with Gasteiger partial charge in [-0.2, -0.15) is 4.31 Å². The van der Waals surface area contributed by atoms with Gasteiger partial charge >= 0.3 is 0 Å². The fraction of sp³-hybridized carbons (Fsp3) is 0.353. The molecule has 0 fully saturated rings. The van der Waals surface area contributed by atoms with Crippen LogP contribution in [0.3, 0.4) is 0 Å². The minimum atomic E-state index is -3.80. The summed E-state index contributed by atoms with van der Waals surface area (Å²) in [6, 6.07) is 8.27. The summed E-state index contributed by atoms with van der Waals surface area (Å²) in [6.45, 7) is 3.08. The lowest BCUT2D eigenvalue weighted by molar-refractivity contribution is 0.0640. The van der Waals surface area contributed by atoms with Crippen molar-refractivity contribution in [2.45, 2.75) is 24.3 Å². The fourth-order valence-corrected chi connectivity index (χ4v) is 4.64. The Bertz CT molecular complexity index is 945. The number of hydrogen-bond donors (Lipinski definition) is 1. The standard InChI is InChI=1S/C17H20N2O4S/c1-17(2,21)10-18(3)24(22,23)14-9-8-13-15-11(14)6-5-7-12(15)16(20)19(13)4/h5-9,21H,10H2,1-4H3. The molecule has 3 rings (SSSR count). The molecule has 7 heteroatoms. The van der Waals surface area contributed by atoms with Crippen molar-refractivity contribution in [3.8, 4) is 0 Å². The number of likely N-dealkylation sites (N-methyl/N-ethyl adjacent to an activating group) is 1. The molecule has 1 aliphatic rings. The highest BCUT2D eigenvalue weighted by Crippen LogP contribution is 2.39. The van der Waals surface area contributed by atoms with E-state index in [-0.39, 0.29) is 17.3 Å². The topological polar surface area (TPSA) is 77.9 Å². The van der Waals surface area contributed by atoms with E-state index < -0.39 is 15.6 Å². The van der Waals surface area contributed by atoms with Crippen LogP contribution in [-0.4, -0.2) is 50.0 Å². The van der Waals surface area contributed by atoms with E-state index >= 15 is 0 Å². The first-order valence-electron chi connectivity index (χ1n) is 7.56. The molecule has 2 aromatic carbocycles. The second-order valence-corrected chi connectivity index (χ2v) is 8.76. The summed E-state index contributed by atoms with van der Waals surface area (Å²) in [7, 11) is -0.685. The number of carbonyl (C=O) groups excluding carboxylic acids is 1. The van der Waals surface area contributed by atoms with Crippen molar-refractivity contribution in [2.24, 2.45) is 0 Å². The first-order chi connectivity index (χ1) is 11.0. The second-order valence-electron chi connectivity index (χ2n) is 6.75. The van der Waals surface area contributed by atoms with Gasteiger partial charge in [0.1, 0.15) is 0 Å². The number of rotatable bonds is 4. The summed E-state index contributed by atoms with van der Waals surface area (Å²) in [4.78, 5) is 14.0.